The fraction of sp³-hybridized carbons (Fsp3) is 0.462. The number of nitrogens with one attached hydrogen (secondary N) is 1. The molecule has 0 aromatic heterocycles. The molecule has 1 aromatic carbocycles. The highest BCUT2D eigenvalue weighted by Crippen LogP contribution is 2.26. The number of halogens is 1. The highest BCUT2D eigenvalue weighted by molar-refractivity contribution is 7.98. The maximum atomic E-state index is 13.3. The van der Waals surface area contributed by atoms with Crippen LogP contribution in [0.1, 0.15) is 18.7 Å². The summed E-state index contributed by atoms with van der Waals surface area (Å²) in [6, 6.07) is 6.55. The zero-order chi connectivity index (χ0) is 13.1. The lowest BCUT2D eigenvalue weighted by Crippen LogP contribution is -2.39. The van der Waals surface area contributed by atoms with Gasteiger partial charge in [0.25, 0.3) is 0 Å². The Labute approximate surface area is 111 Å². The van der Waals surface area contributed by atoms with E-state index in [1.165, 1.54) is 12.1 Å². The minimum Gasteiger partial charge on any atom is -0.318 e. The van der Waals surface area contributed by atoms with Crippen molar-refractivity contribution >= 4 is 17.7 Å². The molecule has 2 unspecified atom stereocenters. The first-order chi connectivity index (χ1) is 8.63. The number of hydrogen-bond acceptors (Lipinski definition) is 3. The molecule has 98 valence electrons. The molecule has 1 heterocycles. The predicted octanol–water partition coefficient (Wildman–Crippen LogP) is 2.01. The molecule has 0 radical (unpaired) electrons. The van der Waals surface area contributed by atoms with Crippen LogP contribution < -0.4 is 5.32 Å². The van der Waals surface area contributed by atoms with E-state index >= 15 is 0 Å². The van der Waals surface area contributed by atoms with Crippen LogP contribution in [0.3, 0.4) is 0 Å². The minimum atomic E-state index is -0.272. The standard InChI is InChI=1S/C13H17FN2OS/c1-9(8-18-2)16-12(17)7-15-13(16)10-4-3-5-11(14)6-10/h3-6,9,13,15H,7-8H2,1-2H3. The quantitative estimate of drug-likeness (QED) is 0.906. The fourth-order valence-electron chi connectivity index (χ4n) is 2.29. The highest BCUT2D eigenvalue weighted by Gasteiger charge is 2.34. The topological polar surface area (TPSA) is 32.3 Å². The first-order valence-electron chi connectivity index (χ1n) is 5.92. The van der Waals surface area contributed by atoms with Gasteiger partial charge in [-0.3, -0.25) is 10.1 Å². The number of rotatable bonds is 4. The van der Waals surface area contributed by atoms with E-state index in [0.29, 0.717) is 6.54 Å². The molecule has 0 spiro atoms. The molecular formula is C13H17FN2OS. The lowest BCUT2D eigenvalue weighted by molar-refractivity contribution is -0.129. The zero-order valence-electron chi connectivity index (χ0n) is 10.5. The molecule has 2 atom stereocenters. The van der Waals surface area contributed by atoms with Crippen molar-refractivity contribution in [2.45, 2.75) is 19.1 Å². The van der Waals surface area contributed by atoms with E-state index in [1.807, 2.05) is 24.1 Å². The van der Waals surface area contributed by atoms with Crippen LogP contribution >= 0.6 is 11.8 Å². The third-order valence-corrected chi connectivity index (χ3v) is 3.88. The van der Waals surface area contributed by atoms with Crippen molar-refractivity contribution in [1.29, 1.82) is 0 Å². The summed E-state index contributed by atoms with van der Waals surface area (Å²) in [7, 11) is 0. The van der Waals surface area contributed by atoms with Gasteiger partial charge in [0.2, 0.25) is 5.91 Å². The number of nitrogens with zero attached hydrogens (tertiary/aromatic N) is 1. The summed E-state index contributed by atoms with van der Waals surface area (Å²) in [6.07, 6.45) is 1.80. The molecule has 1 fully saturated rings. The van der Waals surface area contributed by atoms with Gasteiger partial charge in [-0.15, -0.1) is 0 Å². The Balaban J connectivity index is 2.23. The Hall–Kier alpha value is -1.07. The molecule has 1 aromatic rings. The second-order valence-corrected chi connectivity index (χ2v) is 5.35. The van der Waals surface area contributed by atoms with Crippen molar-refractivity contribution in [3.8, 4) is 0 Å². The number of benzene rings is 1. The Bertz CT molecular complexity index is 441. The van der Waals surface area contributed by atoms with Crippen LogP contribution in [0.4, 0.5) is 4.39 Å². The van der Waals surface area contributed by atoms with Gasteiger partial charge >= 0.3 is 0 Å². The van der Waals surface area contributed by atoms with Crippen LogP contribution in [0.2, 0.25) is 0 Å². The van der Waals surface area contributed by atoms with Crippen molar-refractivity contribution in [2.75, 3.05) is 18.6 Å². The Morgan fingerprint density at radius 3 is 3.06 bits per heavy atom. The molecule has 0 bridgehead atoms. The molecule has 1 aliphatic heterocycles. The van der Waals surface area contributed by atoms with Crippen LogP contribution in [0.15, 0.2) is 24.3 Å². The minimum absolute atomic E-state index is 0.0748. The van der Waals surface area contributed by atoms with E-state index in [0.717, 1.165) is 11.3 Å². The Morgan fingerprint density at radius 2 is 2.39 bits per heavy atom. The molecule has 3 nitrogen and oxygen atoms in total. The third-order valence-electron chi connectivity index (χ3n) is 3.06. The number of carbonyl (C=O) groups excluding carboxylic acids is 1. The smallest absolute Gasteiger partial charge is 0.238 e. The first-order valence-corrected chi connectivity index (χ1v) is 7.32. The van der Waals surface area contributed by atoms with Gasteiger partial charge in [0.1, 0.15) is 12.0 Å². The van der Waals surface area contributed by atoms with Gasteiger partial charge in [0.15, 0.2) is 0 Å². The molecule has 1 amide bonds. The van der Waals surface area contributed by atoms with E-state index in [1.54, 1.807) is 17.8 Å². The number of hydrogen-bond donors (Lipinski definition) is 1. The van der Waals surface area contributed by atoms with Gasteiger partial charge in [-0.25, -0.2) is 4.39 Å². The van der Waals surface area contributed by atoms with Crippen molar-refractivity contribution in [1.82, 2.24) is 10.2 Å². The molecule has 5 heteroatoms. The zero-order valence-corrected chi connectivity index (χ0v) is 11.3. The summed E-state index contributed by atoms with van der Waals surface area (Å²) < 4.78 is 13.3. The largest absolute Gasteiger partial charge is 0.318 e. The Morgan fingerprint density at radius 1 is 1.61 bits per heavy atom. The van der Waals surface area contributed by atoms with Crippen molar-refractivity contribution in [3.05, 3.63) is 35.6 Å². The summed E-state index contributed by atoms with van der Waals surface area (Å²) in [4.78, 5) is 13.7. The van der Waals surface area contributed by atoms with E-state index in [9.17, 15) is 9.18 Å². The molecule has 1 aliphatic rings. The summed E-state index contributed by atoms with van der Waals surface area (Å²) in [6.45, 7) is 2.34. The van der Waals surface area contributed by atoms with Gasteiger partial charge in [-0.05, 0) is 30.9 Å². The SMILES string of the molecule is CSCC(C)N1C(=O)CNC1c1cccc(F)c1. The Kier molecular flexibility index (Phi) is 4.24. The van der Waals surface area contributed by atoms with Gasteiger partial charge in [-0.2, -0.15) is 11.8 Å². The molecule has 18 heavy (non-hydrogen) atoms. The number of thioether (sulfide) groups is 1. The predicted molar refractivity (Wildman–Crippen MR) is 71.8 cm³/mol. The molecular weight excluding hydrogens is 251 g/mol. The van der Waals surface area contributed by atoms with E-state index in [2.05, 4.69) is 5.32 Å². The lowest BCUT2D eigenvalue weighted by Gasteiger charge is -2.30. The average molecular weight is 268 g/mol. The fourth-order valence-corrected chi connectivity index (χ4v) is 2.94. The monoisotopic (exact) mass is 268 g/mol. The van der Waals surface area contributed by atoms with Gasteiger partial charge < -0.3 is 4.90 Å². The molecule has 0 saturated carbocycles. The maximum Gasteiger partial charge on any atom is 0.238 e. The summed E-state index contributed by atoms with van der Waals surface area (Å²) in [5.41, 5.74) is 0.800. The van der Waals surface area contributed by atoms with Crippen LogP contribution in [0.25, 0.3) is 0 Å². The normalized spacial score (nSPS) is 21.4. The summed E-state index contributed by atoms with van der Waals surface area (Å²) in [5.74, 6) is 0.677. The van der Waals surface area contributed by atoms with Crippen LogP contribution in [-0.2, 0) is 4.79 Å². The van der Waals surface area contributed by atoms with Crippen molar-refractivity contribution < 1.29 is 9.18 Å². The molecule has 1 N–H and O–H groups in total. The molecule has 0 aliphatic carbocycles. The molecule has 2 rings (SSSR count). The van der Waals surface area contributed by atoms with E-state index in [-0.39, 0.29) is 23.9 Å². The number of carbonyl (C=O) groups is 1. The van der Waals surface area contributed by atoms with Crippen molar-refractivity contribution in [2.24, 2.45) is 0 Å². The van der Waals surface area contributed by atoms with Crippen LogP contribution in [0.5, 0.6) is 0 Å². The average Bonchev–Trinajstić information content (AvgIpc) is 2.71. The summed E-state index contributed by atoms with van der Waals surface area (Å²) in [5, 5.41) is 3.14. The van der Waals surface area contributed by atoms with Crippen LogP contribution in [0, 0.1) is 5.82 Å². The highest BCUT2D eigenvalue weighted by atomic mass is 32.2. The third kappa shape index (κ3) is 2.67. The van der Waals surface area contributed by atoms with Gasteiger partial charge in [0, 0.05) is 11.8 Å². The van der Waals surface area contributed by atoms with E-state index in [4.69, 9.17) is 0 Å². The van der Waals surface area contributed by atoms with Crippen molar-refractivity contribution in [3.63, 3.8) is 0 Å². The number of amides is 1. The van der Waals surface area contributed by atoms with E-state index < -0.39 is 0 Å². The second-order valence-electron chi connectivity index (χ2n) is 4.44. The second kappa shape index (κ2) is 5.71. The first kappa shape index (κ1) is 13.4. The molecule has 1 saturated heterocycles. The lowest BCUT2D eigenvalue weighted by atomic mass is 10.1. The van der Waals surface area contributed by atoms with Gasteiger partial charge in [0.05, 0.1) is 6.54 Å². The maximum absolute atomic E-state index is 13.3. The van der Waals surface area contributed by atoms with Crippen LogP contribution in [-0.4, -0.2) is 35.4 Å². The summed E-state index contributed by atoms with van der Waals surface area (Å²) >= 11 is 1.70. The van der Waals surface area contributed by atoms with Gasteiger partial charge in [-0.1, -0.05) is 12.1 Å².